The van der Waals surface area contributed by atoms with Crippen molar-refractivity contribution in [1.29, 1.82) is 0 Å². The first-order valence-corrected chi connectivity index (χ1v) is 7.89. The van der Waals surface area contributed by atoms with Gasteiger partial charge in [-0.2, -0.15) is 0 Å². The lowest BCUT2D eigenvalue weighted by Crippen LogP contribution is -2.47. The van der Waals surface area contributed by atoms with Crippen molar-refractivity contribution in [2.24, 2.45) is 0 Å². The van der Waals surface area contributed by atoms with E-state index in [1.807, 2.05) is 0 Å². The van der Waals surface area contributed by atoms with E-state index in [9.17, 15) is 18.8 Å². The molecule has 2 amide bonds. The number of hydrogen-bond donors (Lipinski definition) is 4. The van der Waals surface area contributed by atoms with Crippen molar-refractivity contribution in [3.63, 3.8) is 0 Å². The van der Waals surface area contributed by atoms with Gasteiger partial charge in [-0.25, -0.2) is 4.39 Å². The third-order valence-electron chi connectivity index (χ3n) is 3.71. The van der Waals surface area contributed by atoms with Crippen LogP contribution in [0.2, 0.25) is 0 Å². The Morgan fingerprint density at radius 3 is 2.76 bits per heavy atom. The highest BCUT2D eigenvalue weighted by Crippen LogP contribution is 2.20. The topological polar surface area (TPSA) is 111 Å². The number of carbonyl (C=O) groups excluding carboxylic acids is 2. The average molecular weight is 349 g/mol. The summed E-state index contributed by atoms with van der Waals surface area (Å²) in [5, 5.41) is 14.6. The first-order chi connectivity index (χ1) is 11.9. The van der Waals surface area contributed by atoms with Crippen LogP contribution >= 0.6 is 0 Å². The van der Waals surface area contributed by atoms with Gasteiger partial charge < -0.3 is 20.7 Å². The van der Waals surface area contributed by atoms with E-state index in [4.69, 9.17) is 5.11 Å². The van der Waals surface area contributed by atoms with Gasteiger partial charge in [0.25, 0.3) is 0 Å². The Bertz CT molecular complexity index is 787. The highest BCUT2D eigenvalue weighted by molar-refractivity contribution is 5.89. The van der Waals surface area contributed by atoms with Gasteiger partial charge in [-0.1, -0.05) is 0 Å². The first-order valence-electron chi connectivity index (χ1n) is 7.89. The largest absolute Gasteiger partial charge is 0.481 e. The Labute approximate surface area is 143 Å². The molecule has 0 spiro atoms. The van der Waals surface area contributed by atoms with Crippen molar-refractivity contribution < 1.29 is 23.9 Å². The number of halogens is 1. The van der Waals surface area contributed by atoms with E-state index >= 15 is 0 Å². The Balaban J connectivity index is 2.07. The second-order valence-corrected chi connectivity index (χ2v) is 5.75. The molecule has 0 aliphatic carbocycles. The first kappa shape index (κ1) is 18.4. The molecule has 0 aliphatic rings. The minimum absolute atomic E-state index is 0.0426. The Morgan fingerprint density at radius 2 is 2.08 bits per heavy atom. The number of carbonyl (C=O) groups is 3. The molecular weight excluding hydrogens is 329 g/mol. The number of nitrogens with one attached hydrogen (secondary N) is 3. The number of aliphatic carboxylic acids is 1. The summed E-state index contributed by atoms with van der Waals surface area (Å²) in [7, 11) is 0. The molecule has 0 bridgehead atoms. The maximum atomic E-state index is 13.3. The van der Waals surface area contributed by atoms with Crippen molar-refractivity contribution in [2.45, 2.75) is 32.2 Å². The lowest BCUT2D eigenvalue weighted by atomic mass is 10.0. The molecule has 1 aromatic heterocycles. The van der Waals surface area contributed by atoms with E-state index in [2.05, 4.69) is 15.6 Å². The number of hydrogen-bond acceptors (Lipinski definition) is 3. The molecule has 2 aromatic rings. The number of rotatable bonds is 8. The van der Waals surface area contributed by atoms with E-state index in [1.165, 1.54) is 19.1 Å². The molecular formula is C17H20FN3O4. The fourth-order valence-electron chi connectivity index (χ4n) is 2.58. The van der Waals surface area contributed by atoms with Crippen LogP contribution in [0.3, 0.4) is 0 Å². The quantitative estimate of drug-likeness (QED) is 0.539. The highest BCUT2D eigenvalue weighted by Gasteiger charge is 2.21. The smallest absolute Gasteiger partial charge is 0.303 e. The number of aromatic nitrogens is 1. The number of carboxylic acid groups (broad SMARTS) is 1. The molecule has 0 saturated carbocycles. The number of carboxylic acids is 1. The van der Waals surface area contributed by atoms with Gasteiger partial charge in [-0.15, -0.1) is 0 Å². The van der Waals surface area contributed by atoms with Gasteiger partial charge in [0.05, 0.1) is 0 Å². The number of aromatic amines is 1. The summed E-state index contributed by atoms with van der Waals surface area (Å²) in [5.74, 6) is -2.04. The highest BCUT2D eigenvalue weighted by atomic mass is 19.1. The Morgan fingerprint density at radius 1 is 1.32 bits per heavy atom. The maximum Gasteiger partial charge on any atom is 0.303 e. The summed E-state index contributed by atoms with van der Waals surface area (Å²) in [6, 6.07) is 3.51. The Hall–Kier alpha value is -2.90. The van der Waals surface area contributed by atoms with E-state index in [0.717, 1.165) is 10.9 Å². The van der Waals surface area contributed by atoms with E-state index in [-0.39, 0.29) is 31.1 Å². The van der Waals surface area contributed by atoms with Gasteiger partial charge in [-0.05, 0) is 30.2 Å². The van der Waals surface area contributed by atoms with Crippen LogP contribution in [0.15, 0.2) is 24.4 Å². The number of H-pyrrole nitrogens is 1. The lowest BCUT2D eigenvalue weighted by Gasteiger charge is -2.17. The second kappa shape index (κ2) is 8.27. The van der Waals surface area contributed by atoms with E-state index in [0.29, 0.717) is 11.9 Å². The summed E-state index contributed by atoms with van der Waals surface area (Å²) in [6.45, 7) is 1.52. The predicted octanol–water partition coefficient (Wildman–Crippen LogP) is 1.34. The summed E-state index contributed by atoms with van der Waals surface area (Å²) in [5.41, 5.74) is 1.38. The predicted molar refractivity (Wildman–Crippen MR) is 89.4 cm³/mol. The molecule has 1 heterocycles. The fourth-order valence-corrected chi connectivity index (χ4v) is 2.58. The van der Waals surface area contributed by atoms with Crippen LogP contribution in [-0.2, 0) is 20.8 Å². The number of benzene rings is 1. The minimum atomic E-state index is -0.932. The summed E-state index contributed by atoms with van der Waals surface area (Å²) < 4.78 is 13.3. The van der Waals surface area contributed by atoms with Crippen molar-refractivity contribution in [2.75, 3.05) is 6.54 Å². The third kappa shape index (κ3) is 5.30. The van der Waals surface area contributed by atoms with Crippen LogP contribution in [0.5, 0.6) is 0 Å². The molecule has 0 aliphatic heterocycles. The SMILES string of the molecule is CC(=O)NC(Cc1c[nH]c2cc(F)ccc12)C(=O)NCCCC(=O)O. The molecule has 1 atom stereocenters. The fraction of sp³-hybridized carbons (Fsp3) is 0.353. The average Bonchev–Trinajstić information content (AvgIpc) is 2.92. The zero-order valence-corrected chi connectivity index (χ0v) is 13.8. The summed E-state index contributed by atoms with van der Waals surface area (Å²) >= 11 is 0. The monoisotopic (exact) mass is 349 g/mol. The molecule has 8 heteroatoms. The summed E-state index contributed by atoms with van der Waals surface area (Å²) in [6.07, 6.45) is 2.17. The Kier molecular flexibility index (Phi) is 6.10. The van der Waals surface area contributed by atoms with Crippen LogP contribution in [-0.4, -0.2) is 40.5 Å². The van der Waals surface area contributed by atoms with Crippen molar-refractivity contribution in [1.82, 2.24) is 15.6 Å². The van der Waals surface area contributed by atoms with Gasteiger partial charge in [-0.3, -0.25) is 14.4 Å². The van der Waals surface area contributed by atoms with E-state index < -0.39 is 17.9 Å². The molecule has 1 aromatic carbocycles. The van der Waals surface area contributed by atoms with Crippen molar-refractivity contribution in [3.05, 3.63) is 35.8 Å². The van der Waals surface area contributed by atoms with Crippen LogP contribution in [0.4, 0.5) is 4.39 Å². The molecule has 134 valence electrons. The molecule has 0 fully saturated rings. The normalized spacial score (nSPS) is 11.9. The molecule has 2 rings (SSSR count). The van der Waals surface area contributed by atoms with Gasteiger partial charge in [0.2, 0.25) is 11.8 Å². The van der Waals surface area contributed by atoms with Crippen LogP contribution in [0.1, 0.15) is 25.3 Å². The zero-order chi connectivity index (χ0) is 18.4. The van der Waals surface area contributed by atoms with Crippen LogP contribution in [0, 0.1) is 5.82 Å². The molecule has 0 saturated heterocycles. The van der Waals surface area contributed by atoms with E-state index in [1.54, 1.807) is 12.3 Å². The minimum Gasteiger partial charge on any atom is -0.481 e. The van der Waals surface area contributed by atoms with Crippen LogP contribution < -0.4 is 10.6 Å². The molecule has 0 radical (unpaired) electrons. The van der Waals surface area contributed by atoms with Gasteiger partial charge in [0.1, 0.15) is 11.9 Å². The van der Waals surface area contributed by atoms with Crippen molar-refractivity contribution in [3.8, 4) is 0 Å². The standard InChI is InChI=1S/C17H20FN3O4/c1-10(22)21-15(17(25)19-6-2-3-16(23)24)7-11-9-20-14-8-12(18)4-5-13(11)14/h4-5,8-9,15,20H,2-3,6-7H2,1H3,(H,19,25)(H,21,22)(H,23,24). The van der Waals surface area contributed by atoms with Gasteiger partial charge in [0, 0.05) is 43.4 Å². The van der Waals surface area contributed by atoms with Crippen molar-refractivity contribution >= 4 is 28.7 Å². The molecule has 25 heavy (non-hydrogen) atoms. The lowest BCUT2D eigenvalue weighted by molar-refractivity contribution is -0.137. The zero-order valence-electron chi connectivity index (χ0n) is 13.8. The molecule has 1 unspecified atom stereocenters. The molecule has 4 N–H and O–H groups in total. The van der Waals surface area contributed by atoms with Gasteiger partial charge >= 0.3 is 5.97 Å². The number of fused-ring (bicyclic) bond motifs is 1. The molecule has 7 nitrogen and oxygen atoms in total. The van der Waals surface area contributed by atoms with Crippen LogP contribution in [0.25, 0.3) is 10.9 Å². The maximum absolute atomic E-state index is 13.3. The number of amides is 2. The third-order valence-corrected chi connectivity index (χ3v) is 3.71. The summed E-state index contributed by atoms with van der Waals surface area (Å²) in [4.78, 5) is 37.1. The van der Waals surface area contributed by atoms with Gasteiger partial charge in [0.15, 0.2) is 0 Å². The second-order valence-electron chi connectivity index (χ2n) is 5.75.